The lowest BCUT2D eigenvalue weighted by Crippen LogP contribution is -2.48. The highest BCUT2D eigenvalue weighted by Gasteiger charge is 2.54. The third kappa shape index (κ3) is 3.33. The number of hydrogen-bond donors (Lipinski definition) is 0. The Labute approximate surface area is 148 Å². The Morgan fingerprint density at radius 2 is 2.04 bits per heavy atom. The summed E-state index contributed by atoms with van der Waals surface area (Å²) < 4.78 is 10.1. The summed E-state index contributed by atoms with van der Waals surface area (Å²) in [6, 6.07) is 10.2. The molecule has 1 aliphatic carbocycles. The van der Waals surface area contributed by atoms with Gasteiger partial charge in [-0.05, 0) is 32.3 Å². The molecule has 5 nitrogen and oxygen atoms in total. The molecule has 25 heavy (non-hydrogen) atoms. The molecule has 1 aromatic rings. The summed E-state index contributed by atoms with van der Waals surface area (Å²) in [4.78, 5) is 26.6. The van der Waals surface area contributed by atoms with E-state index >= 15 is 0 Å². The Bertz CT molecular complexity index is 670. The van der Waals surface area contributed by atoms with Gasteiger partial charge in [0.1, 0.15) is 6.04 Å². The molecular weight excluding hydrogens is 318 g/mol. The molecule has 1 saturated heterocycles. The zero-order valence-corrected chi connectivity index (χ0v) is 15.0. The van der Waals surface area contributed by atoms with E-state index < -0.39 is 0 Å². The Hall–Kier alpha value is -2.14. The number of likely N-dealkylation sites (tertiary alicyclic amines) is 1. The molecule has 5 heteroatoms. The first-order chi connectivity index (χ1) is 12.1. The predicted molar refractivity (Wildman–Crippen MR) is 93.7 cm³/mol. The fourth-order valence-electron chi connectivity index (χ4n) is 4.30. The molecule has 134 valence electrons. The lowest BCUT2D eigenvalue weighted by molar-refractivity contribution is -0.151. The lowest BCUT2D eigenvalue weighted by Gasteiger charge is -2.39. The van der Waals surface area contributed by atoms with E-state index in [4.69, 9.17) is 9.47 Å². The van der Waals surface area contributed by atoms with E-state index in [9.17, 15) is 9.59 Å². The number of rotatable bonds is 5. The fourth-order valence-corrected chi connectivity index (χ4v) is 4.30. The van der Waals surface area contributed by atoms with Crippen molar-refractivity contribution in [2.45, 2.75) is 44.8 Å². The highest BCUT2D eigenvalue weighted by molar-refractivity contribution is 5.84. The minimum Gasteiger partial charge on any atom is -0.466 e. The van der Waals surface area contributed by atoms with Crippen molar-refractivity contribution in [3.63, 3.8) is 0 Å². The molecule has 0 aromatic heterocycles. The maximum atomic E-state index is 12.7. The van der Waals surface area contributed by atoms with E-state index in [0.29, 0.717) is 6.61 Å². The smallest absolute Gasteiger partial charge is 0.330 e. The van der Waals surface area contributed by atoms with Crippen LogP contribution in [-0.2, 0) is 19.1 Å². The first-order valence-corrected chi connectivity index (χ1v) is 8.84. The standard InChI is InChI=1S/C20H25NO4/c1-4-25-20(23)19-17-12-16(10-15(17)11-18(22)24-3)21(19)13(2)14-8-6-5-7-9-14/h5-9,11,13,16-17,19H,4,10,12H2,1-3H3/b15-11-/t13-,16-,17-,19+/m1/s1. The summed E-state index contributed by atoms with van der Waals surface area (Å²) in [6.07, 6.45) is 3.23. The molecule has 0 radical (unpaired) electrons. The van der Waals surface area contributed by atoms with E-state index in [2.05, 4.69) is 24.0 Å². The molecule has 2 bridgehead atoms. The summed E-state index contributed by atoms with van der Waals surface area (Å²) in [5.41, 5.74) is 2.19. The fraction of sp³-hybridized carbons (Fsp3) is 0.500. The average Bonchev–Trinajstić information content (AvgIpc) is 3.19. The first-order valence-electron chi connectivity index (χ1n) is 8.84. The van der Waals surface area contributed by atoms with E-state index in [1.807, 2.05) is 25.1 Å². The van der Waals surface area contributed by atoms with Crippen LogP contribution in [0.2, 0.25) is 0 Å². The number of methoxy groups -OCH3 is 1. The third-order valence-electron chi connectivity index (χ3n) is 5.36. The van der Waals surface area contributed by atoms with Gasteiger partial charge >= 0.3 is 11.9 Å². The summed E-state index contributed by atoms with van der Waals surface area (Å²) in [7, 11) is 1.37. The second kappa shape index (κ2) is 7.40. The Morgan fingerprint density at radius 3 is 2.68 bits per heavy atom. The van der Waals surface area contributed by atoms with Gasteiger partial charge in [0.25, 0.3) is 0 Å². The van der Waals surface area contributed by atoms with Crippen molar-refractivity contribution in [1.82, 2.24) is 4.90 Å². The van der Waals surface area contributed by atoms with E-state index in [1.54, 1.807) is 6.08 Å². The molecule has 0 amide bonds. The second-order valence-corrected chi connectivity index (χ2v) is 6.67. The van der Waals surface area contributed by atoms with Crippen LogP contribution in [0.3, 0.4) is 0 Å². The van der Waals surface area contributed by atoms with Crippen LogP contribution in [0, 0.1) is 5.92 Å². The van der Waals surface area contributed by atoms with Gasteiger partial charge in [-0.3, -0.25) is 9.69 Å². The summed E-state index contributed by atoms with van der Waals surface area (Å²) >= 11 is 0. The molecule has 4 atom stereocenters. The number of carbonyl (C=O) groups excluding carboxylic acids is 2. The number of benzene rings is 1. The first kappa shape index (κ1) is 17.7. The number of ether oxygens (including phenoxy) is 2. The van der Waals surface area contributed by atoms with Crippen LogP contribution in [0.1, 0.15) is 38.3 Å². The van der Waals surface area contributed by atoms with Gasteiger partial charge in [-0.1, -0.05) is 35.9 Å². The predicted octanol–water partition coefficient (Wildman–Crippen LogP) is 2.87. The minimum atomic E-state index is -0.354. The Kier molecular flexibility index (Phi) is 5.23. The largest absolute Gasteiger partial charge is 0.466 e. The van der Waals surface area contributed by atoms with Gasteiger partial charge in [0, 0.05) is 24.1 Å². The molecule has 3 rings (SSSR count). The molecular formula is C20H25NO4. The van der Waals surface area contributed by atoms with Crippen LogP contribution < -0.4 is 0 Å². The third-order valence-corrected chi connectivity index (χ3v) is 5.36. The summed E-state index contributed by atoms with van der Waals surface area (Å²) in [5, 5.41) is 0. The quantitative estimate of drug-likeness (QED) is 0.608. The highest BCUT2D eigenvalue weighted by atomic mass is 16.5. The van der Waals surface area contributed by atoms with Crippen LogP contribution in [0.5, 0.6) is 0 Å². The molecule has 1 heterocycles. The van der Waals surface area contributed by atoms with Crippen molar-refractivity contribution in [3.05, 3.63) is 47.5 Å². The number of nitrogens with zero attached hydrogens (tertiary/aromatic N) is 1. The van der Waals surface area contributed by atoms with Crippen molar-refractivity contribution in [2.75, 3.05) is 13.7 Å². The molecule has 0 N–H and O–H groups in total. The summed E-state index contributed by atoms with van der Waals surface area (Å²) in [6.45, 7) is 4.31. The molecule has 1 aromatic carbocycles. The van der Waals surface area contributed by atoms with Gasteiger partial charge in [-0.15, -0.1) is 0 Å². The van der Waals surface area contributed by atoms with Crippen LogP contribution >= 0.6 is 0 Å². The molecule has 0 unspecified atom stereocenters. The molecule has 1 saturated carbocycles. The van der Waals surface area contributed by atoms with Gasteiger partial charge in [-0.25, -0.2) is 4.79 Å². The van der Waals surface area contributed by atoms with Gasteiger partial charge in [0.2, 0.25) is 0 Å². The van der Waals surface area contributed by atoms with Crippen LogP contribution in [0.4, 0.5) is 0 Å². The second-order valence-electron chi connectivity index (χ2n) is 6.67. The van der Waals surface area contributed by atoms with Crippen molar-refractivity contribution in [3.8, 4) is 0 Å². The molecule has 2 fully saturated rings. The van der Waals surface area contributed by atoms with Gasteiger partial charge in [0.05, 0.1) is 13.7 Å². The van der Waals surface area contributed by atoms with Crippen molar-refractivity contribution in [2.24, 2.45) is 5.92 Å². The number of piperidine rings is 1. The SMILES string of the molecule is CCOC(=O)[C@@H]1[C@@H]2C[C@@H](C/C2=C/C(=O)OC)N1[C@H](C)c1ccccc1. The molecule has 2 aliphatic rings. The number of fused-ring (bicyclic) bond motifs is 2. The van der Waals surface area contributed by atoms with E-state index in [-0.39, 0.29) is 36.0 Å². The number of esters is 2. The zero-order valence-electron chi connectivity index (χ0n) is 15.0. The van der Waals surface area contributed by atoms with Crippen LogP contribution in [-0.4, -0.2) is 42.6 Å². The van der Waals surface area contributed by atoms with Crippen molar-refractivity contribution in [1.29, 1.82) is 0 Å². The topological polar surface area (TPSA) is 55.8 Å². The van der Waals surface area contributed by atoms with E-state index in [0.717, 1.165) is 18.4 Å². The van der Waals surface area contributed by atoms with Gasteiger partial charge in [-0.2, -0.15) is 0 Å². The van der Waals surface area contributed by atoms with Gasteiger partial charge < -0.3 is 9.47 Å². The lowest BCUT2D eigenvalue weighted by atomic mass is 9.91. The maximum Gasteiger partial charge on any atom is 0.330 e. The minimum absolute atomic E-state index is 0.0225. The number of carbonyl (C=O) groups is 2. The van der Waals surface area contributed by atoms with Gasteiger partial charge in [0.15, 0.2) is 0 Å². The number of hydrogen-bond acceptors (Lipinski definition) is 5. The molecule has 1 aliphatic heterocycles. The molecule has 0 spiro atoms. The Morgan fingerprint density at radius 1 is 1.32 bits per heavy atom. The van der Waals surface area contributed by atoms with Crippen molar-refractivity contribution >= 4 is 11.9 Å². The Balaban J connectivity index is 1.90. The van der Waals surface area contributed by atoms with E-state index in [1.165, 1.54) is 12.7 Å². The average molecular weight is 343 g/mol. The van der Waals surface area contributed by atoms with Crippen molar-refractivity contribution < 1.29 is 19.1 Å². The normalized spacial score (nSPS) is 28.1. The maximum absolute atomic E-state index is 12.7. The highest BCUT2D eigenvalue weighted by Crippen LogP contribution is 2.49. The van der Waals surface area contributed by atoms with Crippen LogP contribution in [0.25, 0.3) is 0 Å². The van der Waals surface area contributed by atoms with Crippen LogP contribution in [0.15, 0.2) is 42.0 Å². The monoisotopic (exact) mass is 343 g/mol. The zero-order chi connectivity index (χ0) is 18.0. The summed E-state index contributed by atoms with van der Waals surface area (Å²) in [5.74, 6) is -0.532.